The maximum atomic E-state index is 11.4. The van der Waals surface area contributed by atoms with Crippen LogP contribution in [0.3, 0.4) is 0 Å². The highest BCUT2D eigenvalue weighted by molar-refractivity contribution is 7.81. The first-order chi connectivity index (χ1) is 8.08. The van der Waals surface area contributed by atoms with Gasteiger partial charge >= 0.3 is 0 Å². The normalized spacial score (nSPS) is 10.1. The summed E-state index contributed by atoms with van der Waals surface area (Å²) >= 11 is 3.97. The summed E-state index contributed by atoms with van der Waals surface area (Å²) in [5, 5.41) is 0. The number of ether oxygens (including phenoxy) is 1. The molecule has 17 heavy (non-hydrogen) atoms. The highest BCUT2D eigenvalue weighted by Crippen LogP contribution is 2.20. The third-order valence-electron chi connectivity index (χ3n) is 2.71. The van der Waals surface area contributed by atoms with Gasteiger partial charge in [0.05, 0.1) is 12.9 Å². The molecule has 0 saturated heterocycles. The Balaban J connectivity index is 2.68. The van der Waals surface area contributed by atoms with Gasteiger partial charge in [0.15, 0.2) is 0 Å². The molecule has 0 fully saturated rings. The average Bonchev–Trinajstić information content (AvgIpc) is 2.35. The summed E-state index contributed by atoms with van der Waals surface area (Å²) in [6.07, 6.45) is 0.793. The number of carbonyl (C=O) groups is 1. The molecule has 0 aliphatic rings. The molecule has 4 heteroatoms. The zero-order valence-corrected chi connectivity index (χ0v) is 11.5. The summed E-state index contributed by atoms with van der Waals surface area (Å²) in [6, 6.07) is 6.08. The van der Waals surface area contributed by atoms with Crippen LogP contribution in [-0.4, -0.2) is 37.3 Å². The summed E-state index contributed by atoms with van der Waals surface area (Å²) in [4.78, 5) is 13.1. The molecule has 0 aliphatic heterocycles. The number of methoxy groups -OCH3 is 1. The number of carbonyl (C=O) groups excluding carboxylic acids is 1. The maximum Gasteiger partial charge on any atom is 0.232 e. The second-order valence-electron chi connectivity index (χ2n) is 4.04. The van der Waals surface area contributed by atoms with Crippen molar-refractivity contribution in [3.05, 3.63) is 29.3 Å². The van der Waals surface area contributed by atoms with Crippen molar-refractivity contribution in [3.63, 3.8) is 0 Å². The lowest BCUT2D eigenvalue weighted by Gasteiger charge is -2.17. The van der Waals surface area contributed by atoms with Gasteiger partial charge in [-0.3, -0.25) is 4.79 Å². The number of rotatable bonds is 5. The molecule has 0 bridgehead atoms. The Kier molecular flexibility index (Phi) is 5.35. The molecule has 0 N–H and O–H groups in total. The standard InChI is InChI=1S/C13H19NO2S/c1-10-4-5-12(16-3)11(8-10)6-7-14(2)13(15)9-17/h4-5,8,17H,6-7,9H2,1-3H3. The van der Waals surface area contributed by atoms with Crippen LogP contribution < -0.4 is 4.74 Å². The lowest BCUT2D eigenvalue weighted by Crippen LogP contribution is -2.29. The van der Waals surface area contributed by atoms with Crippen molar-refractivity contribution in [2.75, 3.05) is 26.5 Å². The van der Waals surface area contributed by atoms with Crippen LogP contribution in [0, 0.1) is 6.92 Å². The van der Waals surface area contributed by atoms with Crippen LogP contribution in [-0.2, 0) is 11.2 Å². The quantitative estimate of drug-likeness (QED) is 0.813. The van der Waals surface area contributed by atoms with E-state index in [1.165, 1.54) is 5.56 Å². The van der Waals surface area contributed by atoms with E-state index in [1.807, 2.05) is 19.1 Å². The minimum atomic E-state index is 0.0416. The second kappa shape index (κ2) is 6.55. The van der Waals surface area contributed by atoms with E-state index in [4.69, 9.17) is 4.74 Å². The van der Waals surface area contributed by atoms with E-state index in [1.54, 1.807) is 19.1 Å². The number of aryl methyl sites for hydroxylation is 1. The van der Waals surface area contributed by atoms with Crippen molar-refractivity contribution < 1.29 is 9.53 Å². The number of benzene rings is 1. The Labute approximate surface area is 108 Å². The van der Waals surface area contributed by atoms with Gasteiger partial charge in [-0.1, -0.05) is 17.7 Å². The summed E-state index contributed by atoms with van der Waals surface area (Å²) in [7, 11) is 3.46. The van der Waals surface area contributed by atoms with Gasteiger partial charge in [0.1, 0.15) is 5.75 Å². The van der Waals surface area contributed by atoms with Crippen molar-refractivity contribution in [1.29, 1.82) is 0 Å². The number of hydrogen-bond acceptors (Lipinski definition) is 3. The maximum absolute atomic E-state index is 11.4. The molecule has 0 aromatic heterocycles. The Morgan fingerprint density at radius 3 is 2.76 bits per heavy atom. The highest BCUT2D eigenvalue weighted by Gasteiger charge is 2.08. The minimum Gasteiger partial charge on any atom is -0.496 e. The van der Waals surface area contributed by atoms with E-state index in [-0.39, 0.29) is 11.7 Å². The van der Waals surface area contributed by atoms with Crippen LogP contribution in [0.4, 0.5) is 0 Å². The summed E-state index contributed by atoms with van der Waals surface area (Å²) in [5.41, 5.74) is 2.33. The molecular weight excluding hydrogens is 234 g/mol. The molecule has 0 saturated carbocycles. The average molecular weight is 253 g/mol. The van der Waals surface area contributed by atoms with Crippen LogP contribution in [0.1, 0.15) is 11.1 Å². The topological polar surface area (TPSA) is 29.5 Å². The van der Waals surface area contributed by atoms with E-state index in [9.17, 15) is 4.79 Å². The fourth-order valence-electron chi connectivity index (χ4n) is 1.64. The Hall–Kier alpha value is -1.16. The van der Waals surface area contributed by atoms with Gasteiger partial charge in [-0.2, -0.15) is 12.6 Å². The van der Waals surface area contributed by atoms with Crippen LogP contribution >= 0.6 is 12.6 Å². The largest absolute Gasteiger partial charge is 0.496 e. The van der Waals surface area contributed by atoms with E-state index < -0.39 is 0 Å². The van der Waals surface area contributed by atoms with Crippen LogP contribution in [0.5, 0.6) is 5.75 Å². The molecule has 0 radical (unpaired) electrons. The third-order valence-corrected chi connectivity index (χ3v) is 2.98. The van der Waals surface area contributed by atoms with Crippen molar-refractivity contribution in [2.24, 2.45) is 0 Å². The second-order valence-corrected chi connectivity index (χ2v) is 4.35. The van der Waals surface area contributed by atoms with Crippen LogP contribution in [0.2, 0.25) is 0 Å². The molecule has 0 atom stereocenters. The molecule has 1 amide bonds. The van der Waals surface area contributed by atoms with Gasteiger partial charge in [0.2, 0.25) is 5.91 Å². The summed E-state index contributed by atoms with van der Waals surface area (Å²) in [6.45, 7) is 2.73. The molecule has 0 heterocycles. The minimum absolute atomic E-state index is 0.0416. The van der Waals surface area contributed by atoms with Crippen LogP contribution in [0.25, 0.3) is 0 Å². The van der Waals surface area contributed by atoms with E-state index in [2.05, 4.69) is 18.7 Å². The number of amides is 1. The first-order valence-corrected chi connectivity index (χ1v) is 6.20. The van der Waals surface area contributed by atoms with Crippen molar-refractivity contribution in [2.45, 2.75) is 13.3 Å². The number of hydrogen-bond donors (Lipinski definition) is 1. The summed E-state index contributed by atoms with van der Waals surface area (Å²) in [5.74, 6) is 1.17. The van der Waals surface area contributed by atoms with Gasteiger partial charge in [-0.15, -0.1) is 0 Å². The van der Waals surface area contributed by atoms with Gasteiger partial charge in [0.25, 0.3) is 0 Å². The fraction of sp³-hybridized carbons (Fsp3) is 0.462. The Morgan fingerprint density at radius 1 is 1.47 bits per heavy atom. The highest BCUT2D eigenvalue weighted by atomic mass is 32.1. The van der Waals surface area contributed by atoms with Crippen molar-refractivity contribution in [3.8, 4) is 5.75 Å². The zero-order chi connectivity index (χ0) is 12.8. The summed E-state index contributed by atoms with van der Waals surface area (Å²) < 4.78 is 5.30. The molecule has 1 rings (SSSR count). The number of nitrogens with zero attached hydrogens (tertiary/aromatic N) is 1. The van der Waals surface area contributed by atoms with E-state index in [0.717, 1.165) is 17.7 Å². The molecule has 3 nitrogen and oxygen atoms in total. The predicted molar refractivity (Wildman–Crippen MR) is 72.9 cm³/mol. The molecule has 0 unspecified atom stereocenters. The van der Waals surface area contributed by atoms with Gasteiger partial charge in [-0.25, -0.2) is 0 Å². The van der Waals surface area contributed by atoms with Gasteiger partial charge in [-0.05, 0) is 25.0 Å². The number of likely N-dealkylation sites (N-methyl/N-ethyl adjacent to an activating group) is 1. The molecular formula is C13H19NO2S. The van der Waals surface area contributed by atoms with Crippen molar-refractivity contribution >= 4 is 18.5 Å². The predicted octanol–water partition coefficient (Wildman–Crippen LogP) is 1.93. The molecule has 94 valence electrons. The smallest absolute Gasteiger partial charge is 0.232 e. The van der Waals surface area contributed by atoms with Crippen LogP contribution in [0.15, 0.2) is 18.2 Å². The molecule has 0 aliphatic carbocycles. The first-order valence-electron chi connectivity index (χ1n) is 5.56. The van der Waals surface area contributed by atoms with Crippen molar-refractivity contribution in [1.82, 2.24) is 4.90 Å². The van der Waals surface area contributed by atoms with E-state index in [0.29, 0.717) is 6.54 Å². The molecule has 1 aromatic rings. The molecule has 1 aromatic carbocycles. The van der Waals surface area contributed by atoms with Gasteiger partial charge in [0, 0.05) is 13.6 Å². The lowest BCUT2D eigenvalue weighted by atomic mass is 10.1. The SMILES string of the molecule is COc1ccc(C)cc1CCN(C)C(=O)CS. The number of thiol groups is 1. The fourth-order valence-corrected chi connectivity index (χ4v) is 1.88. The molecule has 0 spiro atoms. The third kappa shape index (κ3) is 3.97. The lowest BCUT2D eigenvalue weighted by molar-refractivity contribution is -0.127. The Morgan fingerprint density at radius 2 is 2.18 bits per heavy atom. The zero-order valence-electron chi connectivity index (χ0n) is 10.6. The first kappa shape index (κ1) is 13.9. The Bertz CT molecular complexity index is 393. The van der Waals surface area contributed by atoms with E-state index >= 15 is 0 Å². The van der Waals surface area contributed by atoms with Gasteiger partial charge < -0.3 is 9.64 Å². The monoisotopic (exact) mass is 253 g/mol.